The van der Waals surface area contributed by atoms with Crippen molar-refractivity contribution in [2.45, 2.75) is 30.6 Å². The summed E-state index contributed by atoms with van der Waals surface area (Å²) >= 11 is 2.57. The molecule has 3 amide bonds. The van der Waals surface area contributed by atoms with Crippen LogP contribution in [0.2, 0.25) is 0 Å². The average Bonchev–Trinajstić information content (AvgIpc) is 2.91. The summed E-state index contributed by atoms with van der Waals surface area (Å²) in [5, 5.41) is 13.7. The molecule has 0 aliphatic carbocycles. The molecule has 2 rings (SSSR count). The van der Waals surface area contributed by atoms with Crippen LogP contribution >= 0.6 is 23.1 Å². The van der Waals surface area contributed by atoms with Gasteiger partial charge in [-0.15, -0.1) is 10.2 Å². The molecule has 0 bridgehead atoms. The predicted molar refractivity (Wildman–Crippen MR) is 89.9 cm³/mol. The average molecular weight is 359 g/mol. The highest BCUT2D eigenvalue weighted by Crippen LogP contribution is 2.25. The van der Waals surface area contributed by atoms with E-state index >= 15 is 0 Å². The van der Waals surface area contributed by atoms with Gasteiger partial charge in [-0.25, -0.2) is 4.79 Å². The largest absolute Gasteiger partial charge is 0.378 e. The van der Waals surface area contributed by atoms with Crippen LogP contribution in [0.5, 0.6) is 0 Å². The molecular formula is C13H21N5O3S2. The summed E-state index contributed by atoms with van der Waals surface area (Å²) in [4.78, 5) is 25.6. The Labute approximate surface area is 143 Å². The molecule has 0 radical (unpaired) electrons. The number of amides is 3. The molecule has 2 N–H and O–H groups in total. The van der Waals surface area contributed by atoms with E-state index < -0.39 is 0 Å². The molecule has 1 aromatic heterocycles. The fourth-order valence-electron chi connectivity index (χ4n) is 1.82. The number of carbonyl (C=O) groups excluding carboxylic acids is 2. The van der Waals surface area contributed by atoms with Crippen molar-refractivity contribution in [1.29, 1.82) is 0 Å². The standard InChI is InChI=1S/C13H21N5O3S2/c1-13(2,3)15-10(20)14-11-16-17-12(23-11)22-8-9(19)18-4-6-21-7-5-18/h4-8H2,1-3H3,(H2,14,15,16,20). The molecule has 0 unspecified atom stereocenters. The highest BCUT2D eigenvalue weighted by molar-refractivity contribution is 8.01. The first-order chi connectivity index (χ1) is 10.8. The number of ether oxygens (including phenoxy) is 1. The van der Waals surface area contributed by atoms with Gasteiger partial charge in [-0.3, -0.25) is 10.1 Å². The zero-order chi connectivity index (χ0) is 16.9. The third-order valence-corrected chi connectivity index (χ3v) is 4.76. The molecule has 0 atom stereocenters. The lowest BCUT2D eigenvalue weighted by molar-refractivity contribution is -0.132. The molecule has 0 spiro atoms. The Bertz CT molecular complexity index is 552. The second-order valence-corrected chi connectivity index (χ2v) is 8.18. The van der Waals surface area contributed by atoms with Gasteiger partial charge in [0.05, 0.1) is 19.0 Å². The number of hydrogen-bond donors (Lipinski definition) is 2. The van der Waals surface area contributed by atoms with Gasteiger partial charge in [-0.05, 0) is 20.8 Å². The van der Waals surface area contributed by atoms with E-state index in [1.165, 1.54) is 23.1 Å². The maximum absolute atomic E-state index is 12.0. The molecule has 23 heavy (non-hydrogen) atoms. The van der Waals surface area contributed by atoms with Crippen LogP contribution in [-0.4, -0.2) is 64.6 Å². The van der Waals surface area contributed by atoms with Crippen LogP contribution in [-0.2, 0) is 9.53 Å². The molecular weight excluding hydrogens is 338 g/mol. The van der Waals surface area contributed by atoms with Gasteiger partial charge in [0.1, 0.15) is 0 Å². The summed E-state index contributed by atoms with van der Waals surface area (Å²) in [6.45, 7) is 8.13. The molecule has 1 saturated heterocycles. The van der Waals surface area contributed by atoms with Crippen LogP contribution in [0.1, 0.15) is 20.8 Å². The second-order valence-electron chi connectivity index (χ2n) is 5.98. The molecule has 1 aliphatic heterocycles. The van der Waals surface area contributed by atoms with Crippen LogP contribution in [0.15, 0.2) is 4.34 Å². The zero-order valence-corrected chi connectivity index (χ0v) is 15.1. The third kappa shape index (κ3) is 6.32. The molecule has 128 valence electrons. The van der Waals surface area contributed by atoms with Gasteiger partial charge < -0.3 is 15.0 Å². The fourth-order valence-corrected chi connectivity index (χ4v) is 3.46. The number of nitrogens with one attached hydrogen (secondary N) is 2. The SMILES string of the molecule is CC(C)(C)NC(=O)Nc1nnc(SCC(=O)N2CCOCC2)s1. The number of urea groups is 1. The van der Waals surface area contributed by atoms with Crippen molar-refractivity contribution >= 4 is 40.2 Å². The van der Waals surface area contributed by atoms with E-state index in [0.29, 0.717) is 41.5 Å². The van der Waals surface area contributed by atoms with E-state index in [-0.39, 0.29) is 17.5 Å². The smallest absolute Gasteiger partial charge is 0.321 e. The monoisotopic (exact) mass is 359 g/mol. The molecule has 2 heterocycles. The molecule has 1 aliphatic rings. The Morgan fingerprint density at radius 3 is 2.65 bits per heavy atom. The van der Waals surface area contributed by atoms with Crippen LogP contribution in [0, 0.1) is 0 Å². The van der Waals surface area contributed by atoms with Crippen LogP contribution in [0.4, 0.5) is 9.93 Å². The lowest BCUT2D eigenvalue weighted by Crippen LogP contribution is -2.43. The van der Waals surface area contributed by atoms with Crippen molar-refractivity contribution in [2.24, 2.45) is 0 Å². The van der Waals surface area contributed by atoms with E-state index in [1.54, 1.807) is 4.90 Å². The van der Waals surface area contributed by atoms with Crippen molar-refractivity contribution in [1.82, 2.24) is 20.4 Å². The highest BCUT2D eigenvalue weighted by atomic mass is 32.2. The van der Waals surface area contributed by atoms with Crippen molar-refractivity contribution in [3.8, 4) is 0 Å². The van der Waals surface area contributed by atoms with Gasteiger partial charge >= 0.3 is 6.03 Å². The molecule has 0 saturated carbocycles. The minimum Gasteiger partial charge on any atom is -0.378 e. The zero-order valence-electron chi connectivity index (χ0n) is 13.4. The first-order valence-corrected chi connectivity index (χ1v) is 9.05. The predicted octanol–water partition coefficient (Wildman–Crippen LogP) is 1.41. The first-order valence-electron chi connectivity index (χ1n) is 7.24. The summed E-state index contributed by atoms with van der Waals surface area (Å²) in [6.07, 6.45) is 0. The summed E-state index contributed by atoms with van der Waals surface area (Å²) < 4.78 is 5.87. The Hall–Kier alpha value is -1.39. The number of nitrogens with zero attached hydrogens (tertiary/aromatic N) is 3. The maximum Gasteiger partial charge on any atom is 0.321 e. The molecule has 1 aromatic rings. The minimum absolute atomic E-state index is 0.0634. The Kier molecular flexibility index (Phi) is 6.19. The van der Waals surface area contributed by atoms with Crippen molar-refractivity contribution in [3.63, 3.8) is 0 Å². The van der Waals surface area contributed by atoms with Gasteiger partial charge in [-0.1, -0.05) is 23.1 Å². The topological polar surface area (TPSA) is 96.4 Å². The normalized spacial score (nSPS) is 15.3. The van der Waals surface area contributed by atoms with Gasteiger partial charge in [0, 0.05) is 18.6 Å². The maximum atomic E-state index is 12.0. The molecule has 8 nitrogen and oxygen atoms in total. The first kappa shape index (κ1) is 18.0. The summed E-state index contributed by atoms with van der Waals surface area (Å²) in [7, 11) is 0. The van der Waals surface area contributed by atoms with Crippen molar-refractivity contribution in [3.05, 3.63) is 0 Å². The van der Waals surface area contributed by atoms with E-state index in [0.717, 1.165) is 0 Å². The van der Waals surface area contributed by atoms with Gasteiger partial charge in [0.25, 0.3) is 0 Å². The van der Waals surface area contributed by atoms with Crippen molar-refractivity contribution < 1.29 is 14.3 Å². The van der Waals surface area contributed by atoms with Gasteiger partial charge in [-0.2, -0.15) is 0 Å². The lowest BCUT2D eigenvalue weighted by Gasteiger charge is -2.26. The Balaban J connectivity index is 1.78. The van der Waals surface area contributed by atoms with Crippen LogP contribution < -0.4 is 10.6 Å². The Morgan fingerprint density at radius 2 is 2.00 bits per heavy atom. The second kappa shape index (κ2) is 7.93. The number of morpholine rings is 1. The van der Waals surface area contributed by atoms with Crippen molar-refractivity contribution in [2.75, 3.05) is 37.4 Å². The lowest BCUT2D eigenvalue weighted by atomic mass is 10.1. The molecule has 10 heteroatoms. The van der Waals surface area contributed by atoms with E-state index in [4.69, 9.17) is 4.74 Å². The number of thioether (sulfide) groups is 1. The van der Waals surface area contributed by atoms with Crippen LogP contribution in [0.3, 0.4) is 0 Å². The summed E-state index contributed by atoms with van der Waals surface area (Å²) in [5.74, 6) is 0.372. The molecule has 0 aromatic carbocycles. The summed E-state index contributed by atoms with van der Waals surface area (Å²) in [5.41, 5.74) is -0.322. The highest BCUT2D eigenvalue weighted by Gasteiger charge is 2.18. The van der Waals surface area contributed by atoms with Gasteiger partial charge in [0.15, 0.2) is 4.34 Å². The van der Waals surface area contributed by atoms with Gasteiger partial charge in [0.2, 0.25) is 11.0 Å². The third-order valence-electron chi connectivity index (χ3n) is 2.80. The van der Waals surface area contributed by atoms with Crippen LogP contribution in [0.25, 0.3) is 0 Å². The van der Waals surface area contributed by atoms with E-state index in [1.807, 2.05) is 20.8 Å². The quantitative estimate of drug-likeness (QED) is 0.623. The Morgan fingerprint density at radius 1 is 1.30 bits per heavy atom. The minimum atomic E-state index is -0.324. The molecule has 1 fully saturated rings. The fraction of sp³-hybridized carbons (Fsp3) is 0.692. The number of carbonyl (C=O) groups is 2. The summed E-state index contributed by atoms with van der Waals surface area (Å²) in [6, 6.07) is -0.324. The number of hydrogen-bond acceptors (Lipinski definition) is 7. The van der Waals surface area contributed by atoms with E-state index in [2.05, 4.69) is 20.8 Å². The number of aromatic nitrogens is 2. The van der Waals surface area contributed by atoms with E-state index in [9.17, 15) is 9.59 Å². The number of rotatable bonds is 4. The number of anilines is 1.